The fourth-order valence-electron chi connectivity index (χ4n) is 8.05. The molecule has 206 valence electrons. The third-order valence-corrected chi connectivity index (χ3v) is 10.2. The van der Waals surface area contributed by atoms with E-state index in [9.17, 15) is 0 Å². The van der Waals surface area contributed by atoms with Gasteiger partial charge in [0.25, 0.3) is 0 Å². The highest BCUT2D eigenvalue weighted by molar-refractivity contribution is 6.25. The maximum atomic E-state index is 6.26. The van der Waals surface area contributed by atoms with Gasteiger partial charge in [-0.3, -0.25) is 0 Å². The molecule has 0 saturated carbocycles. The maximum absolute atomic E-state index is 6.26. The summed E-state index contributed by atoms with van der Waals surface area (Å²) < 4.78 is 6.26. The molecule has 1 heterocycles. The molecule has 0 atom stereocenters. The minimum Gasteiger partial charge on any atom is -0.456 e. The van der Waals surface area contributed by atoms with Gasteiger partial charge in [-0.2, -0.15) is 0 Å². The van der Waals surface area contributed by atoms with E-state index in [1.807, 2.05) is 6.07 Å². The Morgan fingerprint density at radius 3 is 1.95 bits per heavy atom. The van der Waals surface area contributed by atoms with E-state index in [-0.39, 0.29) is 5.41 Å². The van der Waals surface area contributed by atoms with Crippen molar-refractivity contribution >= 4 is 54.3 Å². The highest BCUT2D eigenvalue weighted by atomic mass is 16.3. The molecule has 0 aliphatic heterocycles. The molecule has 1 heteroatoms. The number of hydrogen-bond acceptors (Lipinski definition) is 1. The lowest BCUT2D eigenvalue weighted by Gasteiger charge is -2.22. The van der Waals surface area contributed by atoms with Crippen LogP contribution in [0.25, 0.3) is 87.6 Å². The summed E-state index contributed by atoms with van der Waals surface area (Å²) in [5.74, 6) is 0. The zero-order chi connectivity index (χ0) is 29.2. The Morgan fingerprint density at radius 2 is 1.11 bits per heavy atom. The van der Waals surface area contributed by atoms with Crippen molar-refractivity contribution in [1.29, 1.82) is 0 Å². The zero-order valence-electron chi connectivity index (χ0n) is 24.6. The molecule has 1 aromatic heterocycles. The first-order valence-electron chi connectivity index (χ1n) is 15.4. The van der Waals surface area contributed by atoms with Crippen LogP contribution in [0.4, 0.5) is 0 Å². The number of rotatable bonds is 2. The zero-order valence-corrected chi connectivity index (χ0v) is 24.6. The van der Waals surface area contributed by atoms with Crippen LogP contribution >= 0.6 is 0 Å². The van der Waals surface area contributed by atoms with Crippen LogP contribution in [0.1, 0.15) is 25.0 Å². The number of fused-ring (bicyclic) bond motifs is 7. The second kappa shape index (κ2) is 8.36. The smallest absolute Gasteiger partial charge is 0.136 e. The Morgan fingerprint density at radius 1 is 0.432 bits per heavy atom. The van der Waals surface area contributed by atoms with Gasteiger partial charge in [0.15, 0.2) is 0 Å². The number of para-hydroxylation sites is 1. The fraction of sp³-hybridized carbons (Fsp3) is 0.0698. The highest BCUT2D eigenvalue weighted by Gasteiger charge is 2.37. The summed E-state index contributed by atoms with van der Waals surface area (Å²) in [7, 11) is 0. The lowest BCUT2D eigenvalue weighted by molar-refractivity contribution is 0.657. The van der Waals surface area contributed by atoms with Crippen LogP contribution in [0, 0.1) is 0 Å². The van der Waals surface area contributed by atoms with Gasteiger partial charge in [0, 0.05) is 16.2 Å². The van der Waals surface area contributed by atoms with Crippen LogP contribution in [0.5, 0.6) is 0 Å². The fourth-order valence-corrected chi connectivity index (χ4v) is 8.05. The minimum atomic E-state index is -0.102. The van der Waals surface area contributed by atoms with Gasteiger partial charge in [0.1, 0.15) is 11.2 Å². The average Bonchev–Trinajstić information content (AvgIpc) is 3.55. The normalized spacial score (nSPS) is 13.9. The van der Waals surface area contributed by atoms with Gasteiger partial charge in [-0.05, 0) is 95.0 Å². The van der Waals surface area contributed by atoms with Crippen molar-refractivity contribution in [2.24, 2.45) is 0 Å². The summed E-state index contributed by atoms with van der Waals surface area (Å²) in [6, 6.07) is 49.2. The molecule has 0 unspecified atom stereocenters. The number of hydrogen-bond donors (Lipinski definition) is 0. The average molecular weight is 561 g/mol. The maximum Gasteiger partial charge on any atom is 0.136 e. The van der Waals surface area contributed by atoms with E-state index >= 15 is 0 Å². The van der Waals surface area contributed by atoms with Crippen LogP contribution < -0.4 is 0 Å². The first kappa shape index (κ1) is 24.1. The van der Waals surface area contributed by atoms with Gasteiger partial charge in [0.2, 0.25) is 0 Å². The third kappa shape index (κ3) is 3.09. The molecular weight excluding hydrogens is 532 g/mol. The summed E-state index contributed by atoms with van der Waals surface area (Å²) in [5, 5.41) is 10.4. The molecule has 0 N–H and O–H groups in total. The summed E-state index contributed by atoms with van der Waals surface area (Å²) in [5.41, 5.74) is 12.2. The Balaban J connectivity index is 1.09. The highest BCUT2D eigenvalue weighted by Crippen LogP contribution is 2.53. The predicted octanol–water partition coefficient (Wildman–Crippen LogP) is 12.1. The van der Waals surface area contributed by atoms with E-state index in [0.717, 1.165) is 11.2 Å². The number of furan rings is 1. The molecule has 0 spiro atoms. The molecule has 0 fully saturated rings. The van der Waals surface area contributed by atoms with Gasteiger partial charge in [-0.15, -0.1) is 0 Å². The molecule has 1 aliphatic carbocycles. The predicted molar refractivity (Wildman–Crippen MR) is 186 cm³/mol. The van der Waals surface area contributed by atoms with E-state index < -0.39 is 0 Å². The second-order valence-electron chi connectivity index (χ2n) is 12.9. The molecule has 1 nitrogen and oxygen atoms in total. The summed E-state index contributed by atoms with van der Waals surface area (Å²) in [4.78, 5) is 0. The van der Waals surface area contributed by atoms with E-state index in [1.54, 1.807) is 0 Å². The van der Waals surface area contributed by atoms with Crippen LogP contribution in [0.15, 0.2) is 138 Å². The lowest BCUT2D eigenvalue weighted by atomic mass is 9.81. The third-order valence-electron chi connectivity index (χ3n) is 10.2. The van der Waals surface area contributed by atoms with Crippen molar-refractivity contribution in [3.8, 4) is 33.4 Å². The SMILES string of the molecule is CC1(C)c2cc(-c3ccc(-c4ccc5ccc6cccc7ccc4c5c67)cc3)ccc2-c2c1ccc1oc3ccccc3c21. The molecule has 0 saturated heterocycles. The summed E-state index contributed by atoms with van der Waals surface area (Å²) in [6.07, 6.45) is 0. The Labute approximate surface area is 255 Å². The largest absolute Gasteiger partial charge is 0.456 e. The van der Waals surface area contributed by atoms with Crippen molar-refractivity contribution in [3.05, 3.63) is 145 Å². The topological polar surface area (TPSA) is 13.1 Å². The monoisotopic (exact) mass is 560 g/mol. The molecule has 8 aromatic carbocycles. The standard InChI is InChI=1S/C43H28O/c1-43(2)35-22-23-38-42(34-8-3-4-9-37(34)44-38)41(35)33-21-18-30(24-36(33)43)25-10-12-26(13-11-25)31-19-16-29-15-14-27-6-5-7-28-17-20-32(31)40(29)39(27)28/h3-24H,1-2H3. The molecule has 0 radical (unpaired) electrons. The van der Waals surface area contributed by atoms with Crippen LogP contribution in [-0.2, 0) is 5.41 Å². The molecule has 10 rings (SSSR count). The minimum absolute atomic E-state index is 0.102. The molecular formula is C43H28O. The molecule has 44 heavy (non-hydrogen) atoms. The summed E-state index contributed by atoms with van der Waals surface area (Å²) in [6.45, 7) is 4.71. The quantitative estimate of drug-likeness (QED) is 0.192. The van der Waals surface area contributed by atoms with Gasteiger partial charge < -0.3 is 4.42 Å². The summed E-state index contributed by atoms with van der Waals surface area (Å²) >= 11 is 0. The van der Waals surface area contributed by atoms with E-state index in [0.29, 0.717) is 0 Å². The van der Waals surface area contributed by atoms with Crippen molar-refractivity contribution in [2.75, 3.05) is 0 Å². The first-order valence-corrected chi connectivity index (χ1v) is 15.4. The number of benzene rings is 8. The van der Waals surface area contributed by atoms with Crippen LogP contribution in [0.3, 0.4) is 0 Å². The Hall–Kier alpha value is -5.40. The Bertz CT molecular complexity index is 2600. The van der Waals surface area contributed by atoms with Crippen LogP contribution in [-0.4, -0.2) is 0 Å². The van der Waals surface area contributed by atoms with Gasteiger partial charge in [-0.1, -0.05) is 129 Å². The van der Waals surface area contributed by atoms with Crippen molar-refractivity contribution in [3.63, 3.8) is 0 Å². The molecule has 9 aromatic rings. The van der Waals surface area contributed by atoms with Gasteiger partial charge >= 0.3 is 0 Å². The van der Waals surface area contributed by atoms with Gasteiger partial charge in [-0.25, -0.2) is 0 Å². The Kier molecular flexibility index (Phi) is 4.58. The van der Waals surface area contributed by atoms with Crippen molar-refractivity contribution in [1.82, 2.24) is 0 Å². The van der Waals surface area contributed by atoms with Crippen molar-refractivity contribution < 1.29 is 4.42 Å². The van der Waals surface area contributed by atoms with E-state index in [4.69, 9.17) is 4.42 Å². The first-order chi connectivity index (χ1) is 21.6. The molecule has 0 bridgehead atoms. The van der Waals surface area contributed by atoms with Crippen LogP contribution in [0.2, 0.25) is 0 Å². The van der Waals surface area contributed by atoms with Gasteiger partial charge in [0.05, 0.1) is 0 Å². The lowest BCUT2D eigenvalue weighted by Crippen LogP contribution is -2.14. The van der Waals surface area contributed by atoms with Crippen molar-refractivity contribution in [2.45, 2.75) is 19.3 Å². The van der Waals surface area contributed by atoms with E-state index in [1.165, 1.54) is 87.6 Å². The molecule has 1 aliphatic rings. The van der Waals surface area contributed by atoms with E-state index in [2.05, 4.69) is 141 Å². The molecule has 0 amide bonds. The second-order valence-corrected chi connectivity index (χ2v) is 12.9.